The van der Waals surface area contributed by atoms with Gasteiger partial charge in [0, 0.05) is 32.1 Å². The number of carbonyl (C=O) groups is 2. The lowest BCUT2D eigenvalue weighted by molar-refractivity contribution is -0.858. The van der Waals surface area contributed by atoms with Crippen molar-refractivity contribution in [3.8, 4) is 0 Å². The van der Waals surface area contributed by atoms with Crippen LogP contribution in [0.3, 0.4) is 0 Å². The summed E-state index contributed by atoms with van der Waals surface area (Å²) in [7, 11) is 0.388. The van der Waals surface area contributed by atoms with E-state index in [1.807, 2.05) is 27.1 Å². The molecule has 3 N–H and O–H groups in total. The van der Waals surface area contributed by atoms with Crippen molar-refractivity contribution in [2.24, 2.45) is 0 Å². The van der Waals surface area contributed by atoms with Crippen LogP contribution in [-0.4, -0.2) is 70.9 Å². The average Bonchev–Trinajstić information content (AvgIpc) is 3.14. The van der Waals surface area contributed by atoms with Crippen LogP contribution in [0.15, 0.2) is 23.1 Å². The van der Waals surface area contributed by atoms with Gasteiger partial charge in [-0.2, -0.15) is 4.31 Å². The van der Waals surface area contributed by atoms with Crippen LogP contribution >= 0.6 is 0 Å². The summed E-state index contributed by atoms with van der Waals surface area (Å²) in [5, 5.41) is 5.19. The van der Waals surface area contributed by atoms with Gasteiger partial charge in [0.05, 0.1) is 25.5 Å². The van der Waals surface area contributed by atoms with Crippen LogP contribution < -0.4 is 15.5 Å². The molecule has 1 aromatic rings. The number of nitrogens with zero attached hydrogens (tertiary/aromatic N) is 1. The number of aryl methyl sites for hydroxylation is 2. The molecule has 1 atom stereocenters. The Bertz CT molecular complexity index is 839. The van der Waals surface area contributed by atoms with Crippen molar-refractivity contribution in [1.82, 2.24) is 14.9 Å². The molecule has 1 fully saturated rings. The zero-order valence-corrected chi connectivity index (χ0v) is 18.6. The predicted molar refractivity (Wildman–Crippen MR) is 111 cm³/mol. The Hall–Kier alpha value is -1.97. The zero-order chi connectivity index (χ0) is 21.6. The van der Waals surface area contributed by atoms with Gasteiger partial charge >= 0.3 is 11.8 Å². The van der Waals surface area contributed by atoms with E-state index >= 15 is 0 Å². The number of hydrogen-bond donors (Lipinski definition) is 3. The molecule has 0 spiro atoms. The minimum Gasteiger partial charge on any atom is -0.348 e. The smallest absolute Gasteiger partial charge is 0.309 e. The fraction of sp³-hybridized carbons (Fsp3) is 0.600. The Morgan fingerprint density at radius 3 is 2.55 bits per heavy atom. The maximum Gasteiger partial charge on any atom is 0.309 e. The van der Waals surface area contributed by atoms with Crippen LogP contribution in [0.25, 0.3) is 0 Å². The van der Waals surface area contributed by atoms with Crippen LogP contribution in [0.1, 0.15) is 30.4 Å². The largest absolute Gasteiger partial charge is 0.348 e. The molecule has 2 rings (SSSR count). The van der Waals surface area contributed by atoms with Gasteiger partial charge < -0.3 is 15.5 Å². The third-order valence-corrected chi connectivity index (χ3v) is 7.19. The molecule has 1 heterocycles. The monoisotopic (exact) mass is 425 g/mol. The van der Waals surface area contributed by atoms with E-state index in [0.29, 0.717) is 30.0 Å². The third kappa shape index (κ3) is 6.25. The molecule has 0 unspecified atom stereocenters. The lowest BCUT2D eigenvalue weighted by Gasteiger charge is -2.25. The molecule has 2 amide bonds. The number of carbonyl (C=O) groups excluding carboxylic acids is 2. The second kappa shape index (κ2) is 10.2. The van der Waals surface area contributed by atoms with Crippen molar-refractivity contribution in [2.45, 2.75) is 44.0 Å². The van der Waals surface area contributed by atoms with E-state index < -0.39 is 21.8 Å². The highest BCUT2D eigenvalue weighted by atomic mass is 32.2. The number of nitrogens with one attached hydrogen (secondary N) is 3. The van der Waals surface area contributed by atoms with E-state index in [1.54, 1.807) is 19.1 Å². The fourth-order valence-corrected chi connectivity index (χ4v) is 5.46. The first-order chi connectivity index (χ1) is 13.6. The van der Waals surface area contributed by atoms with Crippen molar-refractivity contribution in [1.29, 1.82) is 0 Å². The summed E-state index contributed by atoms with van der Waals surface area (Å²) >= 11 is 0. The average molecular weight is 426 g/mol. The number of sulfonamides is 1. The highest BCUT2D eigenvalue weighted by Gasteiger charge is 2.36. The highest BCUT2D eigenvalue weighted by molar-refractivity contribution is 7.89. The molecular weight excluding hydrogens is 392 g/mol. The molecule has 0 radical (unpaired) electrons. The SMILES string of the molecule is Cc1ccc(C)c(S(=O)(=O)N2CCC[C@@H]2CNC(=O)C(=O)NCCC[NH+](C)C)c1. The first-order valence-electron chi connectivity index (χ1n) is 10.1. The zero-order valence-electron chi connectivity index (χ0n) is 17.7. The first-order valence-corrected chi connectivity index (χ1v) is 11.5. The van der Waals surface area contributed by atoms with E-state index in [2.05, 4.69) is 10.6 Å². The quantitative estimate of drug-likeness (QED) is 0.376. The van der Waals surface area contributed by atoms with Gasteiger partial charge in [-0.05, 0) is 43.9 Å². The molecular formula is C20H33N4O4S+. The van der Waals surface area contributed by atoms with Gasteiger partial charge in [-0.15, -0.1) is 0 Å². The maximum absolute atomic E-state index is 13.2. The Morgan fingerprint density at radius 1 is 1.17 bits per heavy atom. The maximum atomic E-state index is 13.2. The Morgan fingerprint density at radius 2 is 1.86 bits per heavy atom. The molecule has 1 aromatic carbocycles. The summed E-state index contributed by atoms with van der Waals surface area (Å²) < 4.78 is 27.8. The second-order valence-electron chi connectivity index (χ2n) is 7.96. The standard InChI is InChI=1S/C20H32N4O4S/c1-15-8-9-16(2)18(13-15)29(27,28)24-12-5-7-17(24)14-22-20(26)19(25)21-10-6-11-23(3)4/h8-9,13,17H,5-7,10-12,14H2,1-4H3,(H,21,25)(H,22,26)/p+1/t17-/m1/s1. The van der Waals surface area contributed by atoms with Gasteiger partial charge in [0.15, 0.2) is 0 Å². The van der Waals surface area contributed by atoms with Crippen LogP contribution in [0.4, 0.5) is 0 Å². The van der Waals surface area contributed by atoms with Crippen molar-refractivity contribution >= 4 is 21.8 Å². The molecule has 1 aliphatic rings. The van der Waals surface area contributed by atoms with Gasteiger partial charge in [0.2, 0.25) is 10.0 Å². The van der Waals surface area contributed by atoms with E-state index in [9.17, 15) is 18.0 Å². The summed E-state index contributed by atoms with van der Waals surface area (Å²) in [6.07, 6.45) is 2.16. The van der Waals surface area contributed by atoms with E-state index in [4.69, 9.17) is 0 Å². The molecule has 0 saturated carbocycles. The second-order valence-corrected chi connectivity index (χ2v) is 9.82. The molecule has 0 aliphatic carbocycles. The summed E-state index contributed by atoms with van der Waals surface area (Å²) in [4.78, 5) is 25.5. The minimum atomic E-state index is -3.66. The number of rotatable bonds is 8. The summed E-state index contributed by atoms with van der Waals surface area (Å²) in [6, 6.07) is 5.02. The molecule has 1 aliphatic heterocycles. The molecule has 9 heteroatoms. The van der Waals surface area contributed by atoms with Crippen molar-refractivity contribution in [2.75, 3.05) is 40.3 Å². The van der Waals surface area contributed by atoms with Gasteiger partial charge in [0.25, 0.3) is 0 Å². The van der Waals surface area contributed by atoms with Gasteiger partial charge in [-0.1, -0.05) is 12.1 Å². The van der Waals surface area contributed by atoms with Gasteiger partial charge in [-0.3, -0.25) is 9.59 Å². The summed E-state index contributed by atoms with van der Waals surface area (Å²) in [6.45, 7) is 5.51. The number of benzene rings is 1. The number of amides is 2. The number of hydrogen-bond acceptors (Lipinski definition) is 4. The van der Waals surface area contributed by atoms with E-state index in [-0.39, 0.29) is 12.6 Å². The summed E-state index contributed by atoms with van der Waals surface area (Å²) in [5.41, 5.74) is 1.58. The lowest BCUT2D eigenvalue weighted by Crippen LogP contribution is -3.05. The van der Waals surface area contributed by atoms with Crippen molar-refractivity contribution < 1.29 is 22.9 Å². The lowest BCUT2D eigenvalue weighted by atomic mass is 10.2. The van der Waals surface area contributed by atoms with Crippen LogP contribution in [0.5, 0.6) is 0 Å². The van der Waals surface area contributed by atoms with Gasteiger partial charge in [-0.25, -0.2) is 8.42 Å². The Kier molecular flexibility index (Phi) is 8.18. The third-order valence-electron chi connectivity index (χ3n) is 5.10. The topological polar surface area (TPSA) is 100 Å². The number of quaternary nitrogens is 1. The van der Waals surface area contributed by atoms with Crippen LogP contribution in [-0.2, 0) is 19.6 Å². The summed E-state index contributed by atoms with van der Waals surface area (Å²) in [5.74, 6) is -1.40. The van der Waals surface area contributed by atoms with Crippen molar-refractivity contribution in [3.63, 3.8) is 0 Å². The highest BCUT2D eigenvalue weighted by Crippen LogP contribution is 2.28. The molecule has 162 valence electrons. The van der Waals surface area contributed by atoms with Crippen LogP contribution in [0.2, 0.25) is 0 Å². The first kappa shape index (κ1) is 23.3. The Labute approximate surface area is 173 Å². The molecule has 0 aromatic heterocycles. The molecule has 8 nitrogen and oxygen atoms in total. The van der Waals surface area contributed by atoms with Gasteiger partial charge in [0.1, 0.15) is 0 Å². The van der Waals surface area contributed by atoms with E-state index in [1.165, 1.54) is 9.21 Å². The van der Waals surface area contributed by atoms with E-state index in [0.717, 1.165) is 24.9 Å². The van der Waals surface area contributed by atoms with Crippen LogP contribution in [0, 0.1) is 13.8 Å². The predicted octanol–water partition coefficient (Wildman–Crippen LogP) is -0.776. The van der Waals surface area contributed by atoms with Crippen molar-refractivity contribution in [3.05, 3.63) is 29.3 Å². The molecule has 29 heavy (non-hydrogen) atoms. The minimum absolute atomic E-state index is 0.123. The fourth-order valence-electron chi connectivity index (χ4n) is 3.46. The molecule has 1 saturated heterocycles. The molecule has 0 bridgehead atoms. The Balaban J connectivity index is 1.95. The normalized spacial score (nSPS) is 17.5.